The second kappa shape index (κ2) is 41.0. The summed E-state index contributed by atoms with van der Waals surface area (Å²) in [6.45, 7) is 3.80. The molecule has 0 saturated carbocycles. The number of aliphatic hydroxyl groups excluding tert-OH is 5. The molecule has 0 spiro atoms. The maximum atomic E-state index is 13.0. The second-order valence-electron chi connectivity index (χ2n) is 18.0. The highest BCUT2D eigenvalue weighted by Gasteiger charge is 2.44. The van der Waals surface area contributed by atoms with E-state index in [4.69, 9.17) is 9.47 Å². The minimum Gasteiger partial charge on any atom is -0.394 e. The van der Waals surface area contributed by atoms with Crippen LogP contribution in [0.15, 0.2) is 12.2 Å². The summed E-state index contributed by atoms with van der Waals surface area (Å²) >= 11 is 0. The van der Waals surface area contributed by atoms with Crippen LogP contribution in [0.3, 0.4) is 0 Å². The molecule has 1 heterocycles. The Balaban J connectivity index is 2.30. The van der Waals surface area contributed by atoms with Crippen LogP contribution < -0.4 is 5.32 Å². The van der Waals surface area contributed by atoms with Crippen LogP contribution in [0.25, 0.3) is 0 Å². The highest BCUT2D eigenvalue weighted by atomic mass is 16.7. The van der Waals surface area contributed by atoms with E-state index in [1.807, 2.05) is 6.08 Å². The van der Waals surface area contributed by atoms with Gasteiger partial charge in [-0.25, -0.2) is 0 Å². The van der Waals surface area contributed by atoms with E-state index in [0.29, 0.717) is 6.42 Å². The summed E-state index contributed by atoms with van der Waals surface area (Å²) in [7, 11) is 0. The Kier molecular flexibility index (Phi) is 38.9. The van der Waals surface area contributed by atoms with Gasteiger partial charge in [-0.2, -0.15) is 0 Å². The first kappa shape index (κ1) is 55.9. The van der Waals surface area contributed by atoms with Gasteiger partial charge in [-0.1, -0.05) is 231 Å². The molecule has 1 rings (SSSR count). The molecule has 1 aliphatic heterocycles. The predicted molar refractivity (Wildman–Crippen MR) is 244 cm³/mol. The van der Waals surface area contributed by atoms with Crippen molar-refractivity contribution in [3.8, 4) is 0 Å². The lowest BCUT2D eigenvalue weighted by atomic mass is 9.99. The first-order chi connectivity index (χ1) is 28.8. The van der Waals surface area contributed by atoms with Gasteiger partial charge in [0.1, 0.15) is 24.4 Å². The van der Waals surface area contributed by atoms with Crippen molar-refractivity contribution >= 4 is 5.91 Å². The van der Waals surface area contributed by atoms with Crippen molar-refractivity contribution in [1.29, 1.82) is 0 Å². The largest absolute Gasteiger partial charge is 0.394 e. The van der Waals surface area contributed by atoms with E-state index in [1.54, 1.807) is 6.08 Å². The van der Waals surface area contributed by atoms with Gasteiger partial charge in [0.15, 0.2) is 6.29 Å². The average Bonchev–Trinajstić information content (AvgIpc) is 3.23. The van der Waals surface area contributed by atoms with Crippen LogP contribution in [-0.4, -0.2) is 87.5 Å². The van der Waals surface area contributed by atoms with Crippen LogP contribution in [0.5, 0.6) is 0 Å². The third-order valence-electron chi connectivity index (χ3n) is 12.4. The molecule has 0 aromatic rings. The van der Waals surface area contributed by atoms with Crippen molar-refractivity contribution in [2.24, 2.45) is 0 Å². The number of nitrogens with one attached hydrogen (secondary N) is 1. The molecular formula is C50H97NO8. The van der Waals surface area contributed by atoms with Gasteiger partial charge in [-0.15, -0.1) is 0 Å². The SMILES string of the molecule is CCCCCCCCCCCCCCCCCCC/C=C/C(O)C(COC1OC(CO)C(O)C(O)C1O)NC(=O)CCCCCCCCCCCCCCCCCCC. The fraction of sp³-hybridized carbons (Fsp3) is 0.940. The summed E-state index contributed by atoms with van der Waals surface area (Å²) in [5.74, 6) is -0.172. The summed E-state index contributed by atoms with van der Waals surface area (Å²) < 4.78 is 11.2. The van der Waals surface area contributed by atoms with Gasteiger partial charge in [-0.3, -0.25) is 4.79 Å². The number of allylic oxidation sites excluding steroid dienone is 1. The summed E-state index contributed by atoms with van der Waals surface area (Å²) in [4.78, 5) is 13.0. The standard InChI is InChI=1S/C50H97NO8/c1-3-5-7-9-11-13-15-17-19-21-22-24-25-27-29-31-33-35-37-39-44(53)43(42-58-50-49(57)48(56)47(55)45(41-52)59-50)51-46(54)40-38-36-34-32-30-28-26-23-20-18-16-14-12-10-8-6-4-2/h37,39,43-45,47-50,52-53,55-57H,3-36,38,40-42H2,1-2H3,(H,51,54)/b39-37+. The average molecular weight is 840 g/mol. The van der Waals surface area contributed by atoms with Gasteiger partial charge in [0.25, 0.3) is 0 Å². The summed E-state index contributed by atoms with van der Waals surface area (Å²) in [6, 6.07) is -0.799. The van der Waals surface area contributed by atoms with Gasteiger partial charge in [0.2, 0.25) is 5.91 Å². The normalized spacial score (nSPS) is 20.7. The number of aliphatic hydroxyl groups is 5. The molecular weight excluding hydrogens is 743 g/mol. The zero-order chi connectivity index (χ0) is 43.0. The van der Waals surface area contributed by atoms with Crippen molar-refractivity contribution < 1.29 is 39.8 Å². The van der Waals surface area contributed by atoms with Crippen LogP contribution in [0.4, 0.5) is 0 Å². The Bertz CT molecular complexity index is 935. The monoisotopic (exact) mass is 840 g/mol. The van der Waals surface area contributed by atoms with E-state index in [9.17, 15) is 30.3 Å². The molecule has 9 nitrogen and oxygen atoms in total. The number of amides is 1. The quantitative estimate of drug-likeness (QED) is 0.0263. The van der Waals surface area contributed by atoms with Gasteiger partial charge in [-0.05, 0) is 19.3 Å². The van der Waals surface area contributed by atoms with Crippen molar-refractivity contribution in [1.82, 2.24) is 5.32 Å². The molecule has 1 saturated heterocycles. The first-order valence-electron chi connectivity index (χ1n) is 25.4. The lowest BCUT2D eigenvalue weighted by Crippen LogP contribution is -2.60. The summed E-state index contributed by atoms with van der Waals surface area (Å²) in [6.07, 6.45) is 41.1. The van der Waals surface area contributed by atoms with Crippen LogP contribution in [0.2, 0.25) is 0 Å². The Morgan fingerprint density at radius 1 is 0.559 bits per heavy atom. The zero-order valence-electron chi connectivity index (χ0n) is 38.5. The third-order valence-corrected chi connectivity index (χ3v) is 12.4. The van der Waals surface area contributed by atoms with Crippen LogP contribution in [0.1, 0.15) is 245 Å². The summed E-state index contributed by atoms with van der Waals surface area (Å²) in [5, 5.41) is 54.3. The molecule has 59 heavy (non-hydrogen) atoms. The van der Waals surface area contributed by atoms with E-state index in [-0.39, 0.29) is 12.5 Å². The molecule has 1 aliphatic rings. The number of carbonyl (C=O) groups excluding carboxylic acids is 1. The van der Waals surface area contributed by atoms with E-state index < -0.39 is 49.5 Å². The second-order valence-corrected chi connectivity index (χ2v) is 18.0. The number of carbonyl (C=O) groups is 1. The van der Waals surface area contributed by atoms with E-state index in [0.717, 1.165) is 38.5 Å². The van der Waals surface area contributed by atoms with Crippen molar-refractivity contribution in [2.45, 2.75) is 288 Å². The number of rotatable bonds is 43. The lowest BCUT2D eigenvalue weighted by molar-refractivity contribution is -0.302. The number of ether oxygens (including phenoxy) is 2. The molecule has 0 aromatic heterocycles. The highest BCUT2D eigenvalue weighted by molar-refractivity contribution is 5.76. The van der Waals surface area contributed by atoms with E-state index >= 15 is 0 Å². The Hall–Kier alpha value is -1.07. The summed E-state index contributed by atoms with van der Waals surface area (Å²) in [5.41, 5.74) is 0. The van der Waals surface area contributed by atoms with E-state index in [1.165, 1.54) is 186 Å². The van der Waals surface area contributed by atoms with Gasteiger partial charge < -0.3 is 40.3 Å². The topological polar surface area (TPSA) is 149 Å². The molecule has 0 aromatic carbocycles. The molecule has 1 fully saturated rings. The van der Waals surface area contributed by atoms with Gasteiger partial charge in [0.05, 0.1) is 25.4 Å². The Morgan fingerprint density at radius 3 is 1.32 bits per heavy atom. The molecule has 1 amide bonds. The molecule has 350 valence electrons. The Morgan fingerprint density at radius 2 is 0.932 bits per heavy atom. The van der Waals surface area contributed by atoms with Crippen molar-refractivity contribution in [3.05, 3.63) is 12.2 Å². The molecule has 0 aliphatic carbocycles. The molecule has 7 unspecified atom stereocenters. The van der Waals surface area contributed by atoms with Crippen LogP contribution in [-0.2, 0) is 14.3 Å². The third kappa shape index (κ3) is 31.4. The van der Waals surface area contributed by atoms with Crippen LogP contribution in [0, 0.1) is 0 Å². The minimum atomic E-state index is -1.56. The molecule has 6 N–H and O–H groups in total. The number of unbranched alkanes of at least 4 members (excludes halogenated alkanes) is 33. The fourth-order valence-electron chi connectivity index (χ4n) is 8.28. The van der Waals surface area contributed by atoms with Crippen molar-refractivity contribution in [2.75, 3.05) is 13.2 Å². The number of hydrogen-bond acceptors (Lipinski definition) is 8. The van der Waals surface area contributed by atoms with E-state index in [2.05, 4.69) is 19.2 Å². The molecule has 9 heteroatoms. The lowest BCUT2D eigenvalue weighted by Gasteiger charge is -2.40. The minimum absolute atomic E-state index is 0.172. The predicted octanol–water partition coefficient (Wildman–Crippen LogP) is 11.3. The molecule has 0 radical (unpaired) electrons. The van der Waals surface area contributed by atoms with Crippen LogP contribution >= 0.6 is 0 Å². The Labute approximate surface area is 363 Å². The van der Waals surface area contributed by atoms with Gasteiger partial charge in [0, 0.05) is 6.42 Å². The number of hydrogen-bond donors (Lipinski definition) is 6. The maximum Gasteiger partial charge on any atom is 0.220 e. The molecule has 7 atom stereocenters. The van der Waals surface area contributed by atoms with Gasteiger partial charge >= 0.3 is 0 Å². The van der Waals surface area contributed by atoms with Crippen molar-refractivity contribution in [3.63, 3.8) is 0 Å². The fourth-order valence-corrected chi connectivity index (χ4v) is 8.28. The highest BCUT2D eigenvalue weighted by Crippen LogP contribution is 2.23. The molecule has 0 bridgehead atoms. The smallest absolute Gasteiger partial charge is 0.220 e. The zero-order valence-corrected chi connectivity index (χ0v) is 38.5. The first-order valence-corrected chi connectivity index (χ1v) is 25.4. The maximum absolute atomic E-state index is 13.0.